The van der Waals surface area contributed by atoms with Crippen LogP contribution in [0.5, 0.6) is 5.75 Å². The molecule has 1 aromatic heterocycles. The first-order valence-corrected chi connectivity index (χ1v) is 15.3. The second-order valence-corrected chi connectivity index (χ2v) is 13.0. The first-order valence-electron chi connectivity index (χ1n) is 12.7. The van der Waals surface area contributed by atoms with Gasteiger partial charge < -0.3 is 14.8 Å². The van der Waals surface area contributed by atoms with Crippen molar-refractivity contribution in [3.63, 3.8) is 0 Å². The fraction of sp³-hybridized carbons (Fsp3) is 0.393. The molecule has 1 amide bonds. The molecule has 0 aliphatic heterocycles. The summed E-state index contributed by atoms with van der Waals surface area (Å²) in [6.45, 7) is 6.12. The molecule has 0 saturated carbocycles. The Morgan fingerprint density at radius 2 is 1.97 bits per heavy atom. The molecule has 1 heterocycles. The zero-order valence-corrected chi connectivity index (χ0v) is 24.1. The molecule has 1 aliphatic rings. The molecule has 0 radical (unpaired) electrons. The van der Waals surface area contributed by atoms with Crippen LogP contribution in [-0.4, -0.2) is 40.3 Å². The Hall–Kier alpha value is -2.59. The summed E-state index contributed by atoms with van der Waals surface area (Å²) in [7, 11) is -3.59. The van der Waals surface area contributed by atoms with Gasteiger partial charge in [-0.15, -0.1) is 11.3 Å². The van der Waals surface area contributed by atoms with E-state index in [0.717, 1.165) is 33.7 Å². The molecule has 3 aromatic rings. The van der Waals surface area contributed by atoms with Crippen LogP contribution in [0.2, 0.25) is 5.02 Å². The number of carbonyl (C=O) groups excluding carboxylic acids is 1. The van der Waals surface area contributed by atoms with Gasteiger partial charge in [-0.25, -0.2) is 17.9 Å². The monoisotopic (exact) mass is 576 g/mol. The topological polar surface area (TPSA) is 93.7 Å². The van der Waals surface area contributed by atoms with Gasteiger partial charge in [0, 0.05) is 33.3 Å². The number of aryl methyl sites for hydroxylation is 3. The lowest BCUT2D eigenvalue weighted by Gasteiger charge is -2.34. The molecule has 0 spiro atoms. The molecular formula is C28H33ClN2O5S2. The van der Waals surface area contributed by atoms with Crippen molar-refractivity contribution >= 4 is 39.1 Å². The van der Waals surface area contributed by atoms with E-state index in [9.17, 15) is 13.2 Å². The van der Waals surface area contributed by atoms with Gasteiger partial charge in [-0.3, -0.25) is 0 Å². The molecule has 2 atom stereocenters. The minimum absolute atomic E-state index is 0.00604. The molecule has 0 fully saturated rings. The third-order valence-corrected chi connectivity index (χ3v) is 9.52. The number of hydrogen-bond donors (Lipinski definition) is 2. The van der Waals surface area contributed by atoms with Crippen molar-refractivity contribution < 1.29 is 22.7 Å². The van der Waals surface area contributed by atoms with Gasteiger partial charge >= 0.3 is 6.09 Å². The molecule has 0 saturated heterocycles. The number of alkyl carbamates (subject to hydrolysis) is 1. The summed E-state index contributed by atoms with van der Waals surface area (Å²) in [5.41, 5.74) is 3.38. The highest BCUT2D eigenvalue weighted by Crippen LogP contribution is 2.37. The molecule has 2 N–H and O–H groups in total. The number of ether oxygens (including phenoxy) is 2. The van der Waals surface area contributed by atoms with Crippen molar-refractivity contribution in [1.82, 2.24) is 10.0 Å². The van der Waals surface area contributed by atoms with E-state index in [1.807, 2.05) is 43.3 Å². The zero-order valence-electron chi connectivity index (χ0n) is 21.8. The van der Waals surface area contributed by atoms with Crippen LogP contribution in [0.4, 0.5) is 4.79 Å². The van der Waals surface area contributed by atoms with Crippen LogP contribution in [0.15, 0.2) is 53.4 Å². The Morgan fingerprint density at radius 3 is 2.68 bits per heavy atom. The Balaban J connectivity index is 1.48. The van der Waals surface area contributed by atoms with E-state index >= 15 is 0 Å². The van der Waals surface area contributed by atoms with Crippen LogP contribution in [0.1, 0.15) is 45.7 Å². The number of rotatable bonds is 10. The lowest BCUT2D eigenvalue weighted by molar-refractivity contribution is 0.144. The number of hydrogen-bond acceptors (Lipinski definition) is 6. The van der Waals surface area contributed by atoms with Crippen molar-refractivity contribution in [3.8, 4) is 5.75 Å². The number of fused-ring (bicyclic) bond motifs is 1. The minimum Gasteiger partial charge on any atom is -0.492 e. The molecule has 0 bridgehead atoms. The summed E-state index contributed by atoms with van der Waals surface area (Å²) in [4.78, 5) is 14.3. The Labute approximate surface area is 233 Å². The fourth-order valence-corrected chi connectivity index (χ4v) is 7.71. The Bertz CT molecular complexity index is 1390. The van der Waals surface area contributed by atoms with E-state index in [0.29, 0.717) is 28.7 Å². The number of nitrogens with one attached hydrogen (secondary N) is 2. The molecule has 2 unspecified atom stereocenters. The van der Waals surface area contributed by atoms with Crippen LogP contribution < -0.4 is 14.8 Å². The number of carbonyl (C=O) groups is 1. The third-order valence-electron chi connectivity index (χ3n) is 6.60. The van der Waals surface area contributed by atoms with Gasteiger partial charge in [0.2, 0.25) is 10.0 Å². The van der Waals surface area contributed by atoms with Crippen LogP contribution in [-0.2, 0) is 27.6 Å². The highest BCUT2D eigenvalue weighted by atomic mass is 35.5. The fourth-order valence-electron chi connectivity index (χ4n) is 4.93. The number of halogens is 1. The van der Waals surface area contributed by atoms with Crippen molar-refractivity contribution in [2.24, 2.45) is 0 Å². The van der Waals surface area contributed by atoms with E-state index in [2.05, 4.69) is 16.1 Å². The predicted octanol–water partition coefficient (Wildman–Crippen LogP) is 5.76. The van der Waals surface area contributed by atoms with Crippen LogP contribution in [0.3, 0.4) is 0 Å². The van der Waals surface area contributed by atoms with E-state index in [-0.39, 0.29) is 25.1 Å². The van der Waals surface area contributed by atoms with Crippen LogP contribution in [0, 0.1) is 13.8 Å². The molecule has 4 rings (SSSR count). The van der Waals surface area contributed by atoms with Crippen LogP contribution >= 0.6 is 22.9 Å². The van der Waals surface area contributed by atoms with Gasteiger partial charge in [-0.1, -0.05) is 29.8 Å². The lowest BCUT2D eigenvalue weighted by Crippen LogP contribution is -2.43. The van der Waals surface area contributed by atoms with Crippen molar-refractivity contribution in [2.45, 2.75) is 56.9 Å². The third kappa shape index (κ3) is 7.08. The van der Waals surface area contributed by atoms with Crippen molar-refractivity contribution in [3.05, 3.63) is 80.0 Å². The average molecular weight is 577 g/mol. The summed E-state index contributed by atoms with van der Waals surface area (Å²) in [6, 6.07) is 15.3. The normalized spacial score (nSPS) is 17.1. The van der Waals surface area contributed by atoms with E-state index in [1.54, 1.807) is 19.9 Å². The average Bonchev–Trinajstić information content (AvgIpc) is 3.22. The number of sulfonamides is 1. The quantitative estimate of drug-likeness (QED) is 0.299. The number of thiophene rings is 1. The van der Waals surface area contributed by atoms with E-state index < -0.39 is 16.1 Å². The molecule has 2 aromatic carbocycles. The zero-order chi connectivity index (χ0) is 27.3. The largest absolute Gasteiger partial charge is 0.492 e. The Morgan fingerprint density at radius 1 is 1.16 bits per heavy atom. The SMILES string of the molecule is CCOC(=O)NC1CCc2ccc(OCCNS(=O)(=O)c3cc(C)sc3C)cc2C1Cc1cccc(Cl)c1. The van der Waals surface area contributed by atoms with Gasteiger partial charge in [0.25, 0.3) is 0 Å². The molecule has 204 valence electrons. The predicted molar refractivity (Wildman–Crippen MR) is 151 cm³/mol. The van der Waals surface area contributed by atoms with Gasteiger partial charge in [0.1, 0.15) is 12.4 Å². The standard InChI is InChI=1S/C28H33ClN2O5S2/c1-4-35-28(32)31-26-11-9-21-8-10-23(17-24(21)25(26)16-20-6-5-7-22(29)15-20)36-13-12-30-38(33,34)27-14-18(2)37-19(27)3/h5-8,10,14-15,17,25-26,30H,4,9,11-13,16H2,1-3H3,(H,31,32). The van der Waals surface area contributed by atoms with E-state index in [1.165, 1.54) is 16.9 Å². The summed E-state index contributed by atoms with van der Waals surface area (Å²) >= 11 is 7.70. The first-order chi connectivity index (χ1) is 18.2. The van der Waals surface area contributed by atoms with Crippen molar-refractivity contribution in [1.29, 1.82) is 0 Å². The van der Waals surface area contributed by atoms with Gasteiger partial charge in [0.05, 0.1) is 11.5 Å². The summed E-state index contributed by atoms with van der Waals surface area (Å²) in [5, 5.41) is 3.71. The van der Waals surface area contributed by atoms with Gasteiger partial charge in [0.15, 0.2) is 0 Å². The first kappa shape index (κ1) is 28.4. The summed E-state index contributed by atoms with van der Waals surface area (Å²) in [5.74, 6) is 0.645. The molecule has 10 heteroatoms. The Kier molecular flexibility index (Phi) is 9.36. The second kappa shape index (κ2) is 12.5. The summed E-state index contributed by atoms with van der Waals surface area (Å²) in [6.07, 6.45) is 1.87. The maximum absolute atomic E-state index is 12.7. The summed E-state index contributed by atoms with van der Waals surface area (Å²) < 4.78 is 39.1. The highest BCUT2D eigenvalue weighted by Gasteiger charge is 2.32. The molecule has 7 nitrogen and oxygen atoms in total. The highest BCUT2D eigenvalue weighted by molar-refractivity contribution is 7.89. The molecule has 1 aliphatic carbocycles. The molecular weight excluding hydrogens is 544 g/mol. The lowest BCUT2D eigenvalue weighted by atomic mass is 9.76. The smallest absolute Gasteiger partial charge is 0.407 e. The minimum atomic E-state index is -3.59. The van der Waals surface area contributed by atoms with Gasteiger partial charge in [-0.05, 0) is 87.1 Å². The maximum Gasteiger partial charge on any atom is 0.407 e. The second-order valence-electron chi connectivity index (χ2n) is 9.33. The molecule has 38 heavy (non-hydrogen) atoms. The maximum atomic E-state index is 12.7. The van der Waals surface area contributed by atoms with Gasteiger partial charge in [-0.2, -0.15) is 0 Å². The van der Waals surface area contributed by atoms with E-state index in [4.69, 9.17) is 21.1 Å². The van der Waals surface area contributed by atoms with Crippen LogP contribution in [0.25, 0.3) is 0 Å². The number of amides is 1. The number of benzene rings is 2. The van der Waals surface area contributed by atoms with Crippen molar-refractivity contribution in [2.75, 3.05) is 19.8 Å².